The van der Waals surface area contributed by atoms with Crippen molar-refractivity contribution in [1.82, 2.24) is 15.5 Å². The van der Waals surface area contributed by atoms with Gasteiger partial charge in [0.15, 0.2) is 0 Å². The third-order valence-electron chi connectivity index (χ3n) is 7.13. The number of benzene rings is 1. The predicted molar refractivity (Wildman–Crippen MR) is 116 cm³/mol. The molecule has 0 aromatic heterocycles. The molecule has 2 amide bonds. The van der Waals surface area contributed by atoms with Crippen LogP contribution in [0, 0.1) is 17.8 Å². The Morgan fingerprint density at radius 3 is 2.65 bits per heavy atom. The van der Waals surface area contributed by atoms with E-state index in [1.165, 1.54) is 0 Å². The number of nitrogens with one attached hydrogen (secondary N) is 2. The van der Waals surface area contributed by atoms with Gasteiger partial charge < -0.3 is 20.3 Å². The minimum Gasteiger partial charge on any atom is -0.460 e. The summed E-state index contributed by atoms with van der Waals surface area (Å²) >= 11 is 0. The normalized spacial score (nSPS) is 31.6. The second kappa shape index (κ2) is 7.93. The highest BCUT2D eigenvalue weighted by Crippen LogP contribution is 2.54. The fourth-order valence-corrected chi connectivity index (χ4v) is 5.93. The van der Waals surface area contributed by atoms with Crippen LogP contribution in [0.15, 0.2) is 30.3 Å². The van der Waals surface area contributed by atoms with Crippen LogP contribution in [-0.4, -0.2) is 53.5 Å². The number of ether oxygens (including phenoxy) is 1. The molecule has 168 valence electrons. The van der Waals surface area contributed by atoms with Crippen LogP contribution >= 0.6 is 0 Å². The van der Waals surface area contributed by atoms with Crippen molar-refractivity contribution in [2.24, 2.45) is 17.8 Å². The molecule has 4 bridgehead atoms. The molecule has 1 aliphatic carbocycles. The van der Waals surface area contributed by atoms with Gasteiger partial charge in [-0.05, 0) is 45.1 Å². The Kier molecular flexibility index (Phi) is 5.58. The third kappa shape index (κ3) is 3.73. The first kappa shape index (κ1) is 21.8. The van der Waals surface area contributed by atoms with Crippen LogP contribution < -0.4 is 10.6 Å². The lowest BCUT2D eigenvalue weighted by Crippen LogP contribution is -2.77. The van der Waals surface area contributed by atoms with Crippen molar-refractivity contribution < 1.29 is 19.1 Å². The molecule has 4 fully saturated rings. The number of esters is 1. The first-order valence-electron chi connectivity index (χ1n) is 11.2. The molecule has 1 aromatic rings. The Labute approximate surface area is 183 Å². The summed E-state index contributed by atoms with van der Waals surface area (Å²) in [4.78, 5) is 40.8. The van der Waals surface area contributed by atoms with E-state index in [4.69, 9.17) is 4.74 Å². The first-order chi connectivity index (χ1) is 14.6. The van der Waals surface area contributed by atoms with E-state index in [2.05, 4.69) is 10.6 Å². The van der Waals surface area contributed by atoms with Crippen molar-refractivity contribution >= 4 is 17.8 Å². The van der Waals surface area contributed by atoms with Gasteiger partial charge in [-0.2, -0.15) is 0 Å². The van der Waals surface area contributed by atoms with Gasteiger partial charge in [0.25, 0.3) is 0 Å². The molecule has 0 unspecified atom stereocenters. The van der Waals surface area contributed by atoms with Gasteiger partial charge in [-0.1, -0.05) is 30.3 Å². The molecule has 1 aromatic carbocycles. The maximum absolute atomic E-state index is 13.6. The van der Waals surface area contributed by atoms with E-state index in [0.29, 0.717) is 25.9 Å². The molecule has 5 rings (SSSR count). The Balaban J connectivity index is 1.53. The van der Waals surface area contributed by atoms with Gasteiger partial charge in [0.1, 0.15) is 11.1 Å². The lowest BCUT2D eigenvalue weighted by Gasteiger charge is -2.58. The van der Waals surface area contributed by atoms with E-state index in [0.717, 1.165) is 5.56 Å². The van der Waals surface area contributed by atoms with E-state index >= 15 is 0 Å². The van der Waals surface area contributed by atoms with Crippen LogP contribution in [0.4, 0.5) is 0 Å². The highest BCUT2D eigenvalue weighted by molar-refractivity contribution is 5.97. The van der Waals surface area contributed by atoms with E-state index < -0.39 is 11.1 Å². The molecule has 0 radical (unpaired) electrons. The van der Waals surface area contributed by atoms with Gasteiger partial charge >= 0.3 is 5.97 Å². The predicted octanol–water partition coefficient (Wildman–Crippen LogP) is 1.86. The number of nitrogens with zero attached hydrogens (tertiary/aromatic N) is 1. The van der Waals surface area contributed by atoms with Gasteiger partial charge in [-0.15, -0.1) is 0 Å². The molecular formula is C24H33N3O4. The van der Waals surface area contributed by atoms with Gasteiger partial charge in [0, 0.05) is 44.4 Å². The van der Waals surface area contributed by atoms with Gasteiger partial charge in [0.05, 0.1) is 0 Å². The van der Waals surface area contributed by atoms with E-state index in [-0.39, 0.29) is 48.0 Å². The number of carbonyl (C=O) groups is 3. The molecule has 7 heteroatoms. The summed E-state index contributed by atoms with van der Waals surface area (Å²) in [7, 11) is 1.76. The van der Waals surface area contributed by atoms with Gasteiger partial charge in [0.2, 0.25) is 11.8 Å². The molecule has 7 nitrogen and oxygen atoms in total. The number of fused-ring (bicyclic) bond motifs is 1. The minimum atomic E-state index is -0.904. The number of hydrogen-bond acceptors (Lipinski definition) is 5. The van der Waals surface area contributed by atoms with Gasteiger partial charge in [-0.25, -0.2) is 0 Å². The largest absolute Gasteiger partial charge is 0.460 e. The smallest absolute Gasteiger partial charge is 0.306 e. The summed E-state index contributed by atoms with van der Waals surface area (Å²) in [6, 6.07) is 9.62. The fourth-order valence-electron chi connectivity index (χ4n) is 5.93. The Hall–Kier alpha value is -2.41. The molecule has 4 aliphatic rings. The first-order valence-corrected chi connectivity index (χ1v) is 11.2. The summed E-state index contributed by atoms with van der Waals surface area (Å²) in [5.41, 5.74) is -0.417. The maximum Gasteiger partial charge on any atom is 0.306 e. The minimum absolute atomic E-state index is 0.0141. The summed E-state index contributed by atoms with van der Waals surface area (Å²) in [6.07, 6.45) is 1.47. The van der Waals surface area contributed by atoms with Crippen LogP contribution in [0.5, 0.6) is 0 Å². The maximum atomic E-state index is 13.6. The van der Waals surface area contributed by atoms with Crippen LogP contribution in [0.1, 0.15) is 45.6 Å². The SMILES string of the molecule is CN1C(=O)[C@@H]2C[C@@H]3CN[C@@H]([C@@H]2CCC(=O)OC(C)(C)C)[C@]31C(=O)NCc1ccccc1. The fraction of sp³-hybridized carbons (Fsp3) is 0.625. The summed E-state index contributed by atoms with van der Waals surface area (Å²) in [6.45, 7) is 6.68. The molecule has 31 heavy (non-hydrogen) atoms. The van der Waals surface area contributed by atoms with Crippen molar-refractivity contribution in [3.8, 4) is 0 Å². The van der Waals surface area contributed by atoms with Crippen LogP contribution in [0.2, 0.25) is 0 Å². The number of carbonyl (C=O) groups excluding carboxylic acids is 3. The average molecular weight is 428 g/mol. The van der Waals surface area contributed by atoms with Crippen molar-refractivity contribution in [2.75, 3.05) is 13.6 Å². The van der Waals surface area contributed by atoms with Crippen LogP contribution in [0.25, 0.3) is 0 Å². The summed E-state index contributed by atoms with van der Waals surface area (Å²) < 4.78 is 5.46. The highest BCUT2D eigenvalue weighted by Gasteiger charge is 2.70. The Bertz CT molecular complexity index is 865. The van der Waals surface area contributed by atoms with Crippen molar-refractivity contribution in [3.05, 3.63) is 35.9 Å². The molecular weight excluding hydrogens is 394 g/mol. The topological polar surface area (TPSA) is 87.7 Å². The average Bonchev–Trinajstić information content (AvgIpc) is 3.00. The molecule has 3 aliphatic heterocycles. The van der Waals surface area contributed by atoms with Crippen LogP contribution in [0.3, 0.4) is 0 Å². The zero-order chi connectivity index (χ0) is 22.4. The Morgan fingerprint density at radius 2 is 1.97 bits per heavy atom. The van der Waals surface area contributed by atoms with Gasteiger partial charge in [-0.3, -0.25) is 14.4 Å². The van der Waals surface area contributed by atoms with Crippen molar-refractivity contribution in [1.29, 1.82) is 0 Å². The third-order valence-corrected chi connectivity index (χ3v) is 7.13. The number of likely N-dealkylation sites (N-methyl/N-ethyl adjacent to an activating group) is 1. The summed E-state index contributed by atoms with van der Waals surface area (Å²) in [5, 5.41) is 6.63. The molecule has 0 spiro atoms. The Morgan fingerprint density at radius 1 is 1.26 bits per heavy atom. The number of rotatable bonds is 6. The lowest BCUT2D eigenvalue weighted by atomic mass is 9.57. The molecule has 3 saturated heterocycles. The van der Waals surface area contributed by atoms with E-state index in [1.54, 1.807) is 11.9 Å². The molecule has 1 saturated carbocycles. The quantitative estimate of drug-likeness (QED) is 0.677. The van der Waals surface area contributed by atoms with E-state index in [1.807, 2.05) is 51.1 Å². The summed E-state index contributed by atoms with van der Waals surface area (Å²) in [5.74, 6) is -0.475. The molecule has 3 heterocycles. The monoisotopic (exact) mass is 427 g/mol. The zero-order valence-corrected chi connectivity index (χ0v) is 18.8. The number of piperidine rings is 2. The zero-order valence-electron chi connectivity index (χ0n) is 18.8. The number of hydrogen-bond donors (Lipinski definition) is 2. The van der Waals surface area contributed by atoms with E-state index in [9.17, 15) is 14.4 Å². The highest BCUT2D eigenvalue weighted by atomic mass is 16.6. The van der Waals surface area contributed by atoms with Crippen molar-refractivity contribution in [2.45, 2.75) is 63.8 Å². The second-order valence-corrected chi connectivity index (χ2v) is 10.1. The molecule has 5 atom stereocenters. The number of amides is 2. The lowest BCUT2D eigenvalue weighted by molar-refractivity contribution is -0.175. The van der Waals surface area contributed by atoms with Crippen LogP contribution in [-0.2, 0) is 25.7 Å². The second-order valence-electron chi connectivity index (χ2n) is 10.1. The molecule has 2 N–H and O–H groups in total. The standard InChI is InChI=1S/C24H33N3O4/c1-23(2,3)31-19(28)11-10-17-18-12-16-14-25-20(17)24(16,27(4)21(18)29)22(30)26-13-15-8-6-5-7-9-15/h5-9,16-18,20,25H,10-14H2,1-4H3,(H,26,30)/t16-,17-,18-,20+,24+/m1/s1. The van der Waals surface area contributed by atoms with Crippen molar-refractivity contribution in [3.63, 3.8) is 0 Å².